The normalized spacial score (nSPS) is 10.7. The van der Waals surface area contributed by atoms with E-state index in [-0.39, 0.29) is 18.0 Å². The van der Waals surface area contributed by atoms with Crippen molar-refractivity contribution in [1.29, 1.82) is 0 Å². The van der Waals surface area contributed by atoms with E-state index in [1.165, 1.54) is 42.3 Å². The van der Waals surface area contributed by atoms with Gasteiger partial charge in [0.25, 0.3) is 11.6 Å². The molecule has 1 amide bonds. The van der Waals surface area contributed by atoms with E-state index in [9.17, 15) is 14.9 Å². The summed E-state index contributed by atoms with van der Waals surface area (Å²) in [4.78, 5) is 22.2. The first-order valence-corrected chi connectivity index (χ1v) is 8.83. The highest BCUT2D eigenvalue weighted by Crippen LogP contribution is 2.23. The molecule has 0 fully saturated rings. The van der Waals surface area contributed by atoms with Crippen LogP contribution in [-0.4, -0.2) is 33.9 Å². The standard InChI is InChI=1S/C20H19N5O5/c1-24-10-9-18(23-24)20(26)22-21-12-14-3-4-15(19(11-14)29-2)13-30-17-7-5-16(6-8-17)25(27)28/h3-12H,13H2,1-2H3,(H,22,26). The van der Waals surface area contributed by atoms with E-state index < -0.39 is 10.8 Å². The van der Waals surface area contributed by atoms with Crippen LogP contribution in [0.2, 0.25) is 0 Å². The van der Waals surface area contributed by atoms with Crippen LogP contribution in [0.25, 0.3) is 0 Å². The third kappa shape index (κ3) is 5.19. The molecule has 30 heavy (non-hydrogen) atoms. The van der Waals surface area contributed by atoms with Gasteiger partial charge in [-0.15, -0.1) is 0 Å². The second-order valence-corrected chi connectivity index (χ2v) is 6.18. The smallest absolute Gasteiger partial charge is 0.291 e. The van der Waals surface area contributed by atoms with Gasteiger partial charge in [-0.3, -0.25) is 19.6 Å². The Morgan fingerprint density at radius 3 is 2.67 bits per heavy atom. The zero-order valence-electron chi connectivity index (χ0n) is 16.3. The number of nitro groups is 1. The molecular formula is C20H19N5O5. The number of carbonyl (C=O) groups is 1. The topological polar surface area (TPSA) is 121 Å². The minimum absolute atomic E-state index is 0.00120. The Labute approximate surface area is 171 Å². The molecule has 0 bridgehead atoms. The number of nitrogens with one attached hydrogen (secondary N) is 1. The first kappa shape index (κ1) is 20.5. The van der Waals surface area contributed by atoms with E-state index in [0.717, 1.165) is 5.56 Å². The molecule has 0 aliphatic carbocycles. The molecule has 1 heterocycles. The molecule has 0 saturated carbocycles. The van der Waals surface area contributed by atoms with E-state index in [0.29, 0.717) is 17.1 Å². The number of ether oxygens (including phenoxy) is 2. The molecule has 0 aliphatic heterocycles. The Morgan fingerprint density at radius 1 is 1.27 bits per heavy atom. The number of nitrogens with zero attached hydrogens (tertiary/aromatic N) is 4. The molecule has 2 aromatic carbocycles. The van der Waals surface area contributed by atoms with Gasteiger partial charge in [-0.1, -0.05) is 12.1 Å². The summed E-state index contributed by atoms with van der Waals surface area (Å²) in [6, 6.07) is 12.8. The second-order valence-electron chi connectivity index (χ2n) is 6.18. The zero-order chi connectivity index (χ0) is 21.5. The summed E-state index contributed by atoms with van der Waals surface area (Å²) < 4.78 is 12.6. The second kappa shape index (κ2) is 9.32. The number of aromatic nitrogens is 2. The largest absolute Gasteiger partial charge is 0.496 e. The van der Waals surface area contributed by atoms with Crippen molar-refractivity contribution in [3.8, 4) is 11.5 Å². The molecule has 0 unspecified atom stereocenters. The monoisotopic (exact) mass is 409 g/mol. The number of benzene rings is 2. The fourth-order valence-corrected chi connectivity index (χ4v) is 2.54. The quantitative estimate of drug-likeness (QED) is 0.347. The SMILES string of the molecule is COc1cc(C=NNC(=O)c2ccn(C)n2)ccc1COc1ccc([N+](=O)[O-])cc1. The average molecular weight is 409 g/mol. The van der Waals surface area contributed by atoms with Crippen molar-refractivity contribution < 1.29 is 19.2 Å². The van der Waals surface area contributed by atoms with Crippen LogP contribution in [0.1, 0.15) is 21.6 Å². The van der Waals surface area contributed by atoms with Gasteiger partial charge in [-0.05, 0) is 29.8 Å². The van der Waals surface area contributed by atoms with E-state index in [2.05, 4.69) is 15.6 Å². The van der Waals surface area contributed by atoms with Crippen molar-refractivity contribution in [3.63, 3.8) is 0 Å². The van der Waals surface area contributed by atoms with Gasteiger partial charge >= 0.3 is 0 Å². The third-order valence-electron chi connectivity index (χ3n) is 4.08. The highest BCUT2D eigenvalue weighted by Gasteiger charge is 2.09. The number of methoxy groups -OCH3 is 1. The van der Waals surface area contributed by atoms with Crippen LogP contribution >= 0.6 is 0 Å². The number of hydrogen-bond acceptors (Lipinski definition) is 7. The lowest BCUT2D eigenvalue weighted by Crippen LogP contribution is -2.18. The third-order valence-corrected chi connectivity index (χ3v) is 4.08. The maximum atomic E-state index is 11.9. The van der Waals surface area contributed by atoms with Gasteiger partial charge in [0.1, 0.15) is 18.1 Å². The van der Waals surface area contributed by atoms with Crippen molar-refractivity contribution in [2.75, 3.05) is 7.11 Å². The molecular weight excluding hydrogens is 390 g/mol. The summed E-state index contributed by atoms with van der Waals surface area (Å²) >= 11 is 0. The van der Waals surface area contributed by atoms with Crippen molar-refractivity contribution in [2.24, 2.45) is 12.1 Å². The lowest BCUT2D eigenvalue weighted by Gasteiger charge is -2.11. The fraction of sp³-hybridized carbons (Fsp3) is 0.150. The highest BCUT2D eigenvalue weighted by molar-refractivity contribution is 5.93. The van der Waals surface area contributed by atoms with E-state index in [1.807, 2.05) is 6.07 Å². The average Bonchev–Trinajstić information content (AvgIpc) is 3.19. The van der Waals surface area contributed by atoms with Gasteiger partial charge in [0, 0.05) is 30.9 Å². The Kier molecular flexibility index (Phi) is 6.38. The molecule has 3 rings (SSSR count). The van der Waals surface area contributed by atoms with Crippen molar-refractivity contribution in [1.82, 2.24) is 15.2 Å². The van der Waals surface area contributed by atoms with Crippen molar-refractivity contribution in [3.05, 3.63) is 81.7 Å². The zero-order valence-corrected chi connectivity index (χ0v) is 16.3. The van der Waals surface area contributed by atoms with E-state index in [4.69, 9.17) is 9.47 Å². The Bertz CT molecular complexity index is 1080. The molecule has 10 heteroatoms. The van der Waals surface area contributed by atoms with Gasteiger partial charge in [-0.25, -0.2) is 5.43 Å². The number of hydrazone groups is 1. The number of amides is 1. The fourth-order valence-electron chi connectivity index (χ4n) is 2.54. The summed E-state index contributed by atoms with van der Waals surface area (Å²) in [5.74, 6) is 0.675. The molecule has 0 spiro atoms. The highest BCUT2D eigenvalue weighted by atomic mass is 16.6. The number of hydrogen-bond donors (Lipinski definition) is 1. The molecule has 1 N–H and O–H groups in total. The van der Waals surface area contributed by atoms with Gasteiger partial charge in [0.05, 0.1) is 18.2 Å². The van der Waals surface area contributed by atoms with Gasteiger partial charge < -0.3 is 9.47 Å². The first-order valence-electron chi connectivity index (χ1n) is 8.83. The number of non-ortho nitro benzene ring substituents is 1. The molecule has 0 radical (unpaired) electrons. The molecule has 0 atom stereocenters. The lowest BCUT2D eigenvalue weighted by atomic mass is 10.1. The summed E-state index contributed by atoms with van der Waals surface area (Å²) in [5, 5.41) is 18.6. The van der Waals surface area contributed by atoms with Crippen LogP contribution < -0.4 is 14.9 Å². The van der Waals surface area contributed by atoms with Crippen LogP contribution in [0.15, 0.2) is 59.8 Å². The predicted octanol–water partition coefficient (Wildman–Crippen LogP) is 2.68. The minimum Gasteiger partial charge on any atom is -0.496 e. The van der Waals surface area contributed by atoms with Gasteiger partial charge in [-0.2, -0.15) is 10.2 Å². The number of aryl methyl sites for hydroxylation is 1. The molecule has 3 aromatic rings. The molecule has 0 aliphatic rings. The Morgan fingerprint density at radius 2 is 2.03 bits per heavy atom. The molecule has 1 aromatic heterocycles. The molecule has 10 nitrogen and oxygen atoms in total. The minimum atomic E-state index is -0.466. The van der Waals surface area contributed by atoms with Crippen LogP contribution in [0, 0.1) is 10.1 Å². The number of carbonyl (C=O) groups excluding carboxylic acids is 1. The Balaban J connectivity index is 1.61. The first-order chi connectivity index (χ1) is 14.5. The molecule has 154 valence electrons. The van der Waals surface area contributed by atoms with Crippen LogP contribution in [0.5, 0.6) is 11.5 Å². The summed E-state index contributed by atoms with van der Waals surface area (Å²) in [6.45, 7) is 0.217. The van der Waals surface area contributed by atoms with Gasteiger partial charge in [0.15, 0.2) is 5.69 Å². The Hall–Kier alpha value is -4.21. The van der Waals surface area contributed by atoms with Crippen LogP contribution in [0.4, 0.5) is 5.69 Å². The predicted molar refractivity (Wildman–Crippen MR) is 109 cm³/mol. The van der Waals surface area contributed by atoms with Crippen molar-refractivity contribution >= 4 is 17.8 Å². The maximum Gasteiger partial charge on any atom is 0.291 e. The number of nitro benzene ring substituents is 1. The molecule has 0 saturated heterocycles. The number of rotatable bonds is 8. The van der Waals surface area contributed by atoms with Crippen molar-refractivity contribution in [2.45, 2.75) is 6.61 Å². The summed E-state index contributed by atoms with van der Waals surface area (Å²) in [7, 11) is 3.26. The van der Waals surface area contributed by atoms with E-state index >= 15 is 0 Å². The lowest BCUT2D eigenvalue weighted by molar-refractivity contribution is -0.384. The summed E-state index contributed by atoms with van der Waals surface area (Å²) in [5.41, 5.74) is 4.18. The van der Waals surface area contributed by atoms with Gasteiger partial charge in [0.2, 0.25) is 0 Å². The van der Waals surface area contributed by atoms with E-state index in [1.54, 1.807) is 31.4 Å². The maximum absolute atomic E-state index is 11.9. The van der Waals surface area contributed by atoms with Crippen LogP contribution in [0.3, 0.4) is 0 Å². The summed E-state index contributed by atoms with van der Waals surface area (Å²) in [6.07, 6.45) is 3.16. The van der Waals surface area contributed by atoms with Crippen LogP contribution in [-0.2, 0) is 13.7 Å².